The van der Waals surface area contributed by atoms with Crippen LogP contribution >= 0.6 is 0 Å². The molecule has 1 N–H and O–H groups in total. The molecule has 0 aromatic heterocycles. The minimum atomic E-state index is -4.32. The van der Waals surface area contributed by atoms with Gasteiger partial charge in [0.25, 0.3) is 10.1 Å². The van der Waals surface area contributed by atoms with Gasteiger partial charge in [0.05, 0.1) is 0 Å². The second-order valence-electron chi connectivity index (χ2n) is 1.35. The number of nitrogens with zero attached hydrogens (tertiary/aromatic N) is 3. The Morgan fingerprint density at radius 3 is 2.40 bits per heavy atom. The third-order valence-corrected chi connectivity index (χ3v) is 1.57. The van der Waals surface area contributed by atoms with Crippen LogP contribution in [0.5, 0.6) is 0 Å². The lowest BCUT2D eigenvalue weighted by molar-refractivity contribution is 0.476. The Kier molecular flexibility index (Phi) is 2.88. The van der Waals surface area contributed by atoms with Gasteiger partial charge in [-0.05, 0) is 5.53 Å². The van der Waals surface area contributed by atoms with Crippen LogP contribution in [-0.4, -0.2) is 18.3 Å². The molecule has 0 spiro atoms. The molecule has 10 heavy (non-hydrogen) atoms. The zero-order valence-corrected chi connectivity index (χ0v) is 5.69. The Balaban J connectivity index is 4.70. The summed E-state index contributed by atoms with van der Waals surface area (Å²) in [5.41, 5.74) is 7.77. The summed E-state index contributed by atoms with van der Waals surface area (Å²) in [5.74, 6) is 0. The van der Waals surface area contributed by atoms with Gasteiger partial charge in [-0.3, -0.25) is 4.55 Å². The minimum absolute atomic E-state index is 0.828. The van der Waals surface area contributed by atoms with Crippen molar-refractivity contribution in [2.45, 2.75) is 5.37 Å². The Hall–Kier alpha value is -1.04. The predicted molar refractivity (Wildman–Crippen MR) is 34.7 cm³/mol. The van der Waals surface area contributed by atoms with Crippen LogP contribution in [0.4, 0.5) is 0 Å². The first-order valence-electron chi connectivity index (χ1n) is 2.15. The molecule has 0 bridgehead atoms. The molecular weight excluding hydrogens is 158 g/mol. The Labute approximate surface area is 57.5 Å². The fourth-order valence-corrected chi connectivity index (χ4v) is 0.684. The summed E-state index contributed by atoms with van der Waals surface area (Å²) in [4.78, 5) is 2.19. The fraction of sp³-hybridized carbons (Fsp3) is 0.333. The van der Waals surface area contributed by atoms with Gasteiger partial charge in [-0.1, -0.05) is 11.2 Å². The van der Waals surface area contributed by atoms with Gasteiger partial charge >= 0.3 is 0 Å². The van der Waals surface area contributed by atoms with Crippen molar-refractivity contribution >= 4 is 10.1 Å². The van der Waals surface area contributed by atoms with E-state index in [1.54, 1.807) is 0 Å². The van der Waals surface area contributed by atoms with Crippen LogP contribution in [0.15, 0.2) is 17.8 Å². The molecule has 0 radical (unpaired) electrons. The first-order valence-corrected chi connectivity index (χ1v) is 3.65. The van der Waals surface area contributed by atoms with Gasteiger partial charge in [-0.25, -0.2) is 0 Å². The lowest BCUT2D eigenvalue weighted by Crippen LogP contribution is -2.13. The van der Waals surface area contributed by atoms with Gasteiger partial charge in [0.15, 0.2) is 5.37 Å². The van der Waals surface area contributed by atoms with Crippen LogP contribution in [0.2, 0.25) is 0 Å². The molecule has 0 amide bonds. The molecule has 6 nitrogen and oxygen atoms in total. The molecule has 0 aromatic carbocycles. The topological polar surface area (TPSA) is 103 Å². The van der Waals surface area contributed by atoms with Crippen molar-refractivity contribution in [1.82, 2.24) is 0 Å². The summed E-state index contributed by atoms with van der Waals surface area (Å²) >= 11 is 0. The average molecular weight is 163 g/mol. The van der Waals surface area contributed by atoms with Crippen molar-refractivity contribution in [3.8, 4) is 0 Å². The van der Waals surface area contributed by atoms with Gasteiger partial charge in [0, 0.05) is 4.91 Å². The molecule has 0 rings (SSSR count). The van der Waals surface area contributed by atoms with E-state index in [-0.39, 0.29) is 0 Å². The molecular formula is C3H5N3O3S. The monoisotopic (exact) mass is 163 g/mol. The maximum absolute atomic E-state index is 10.2. The second kappa shape index (κ2) is 3.21. The molecule has 56 valence electrons. The van der Waals surface area contributed by atoms with Crippen LogP contribution in [0.25, 0.3) is 10.4 Å². The van der Waals surface area contributed by atoms with Gasteiger partial charge in [0.2, 0.25) is 0 Å². The molecule has 0 fully saturated rings. The van der Waals surface area contributed by atoms with Crippen molar-refractivity contribution in [3.05, 3.63) is 23.1 Å². The van der Waals surface area contributed by atoms with Crippen LogP contribution < -0.4 is 0 Å². The second-order valence-corrected chi connectivity index (χ2v) is 2.86. The molecule has 0 aliphatic carbocycles. The van der Waals surface area contributed by atoms with Gasteiger partial charge in [-0.2, -0.15) is 8.42 Å². The summed E-state index contributed by atoms with van der Waals surface area (Å²) in [6.45, 7) is 3.04. The normalized spacial score (nSPS) is 13.3. The molecule has 0 aliphatic rings. The lowest BCUT2D eigenvalue weighted by Gasteiger charge is -1.97. The van der Waals surface area contributed by atoms with E-state index in [4.69, 9.17) is 10.1 Å². The highest BCUT2D eigenvalue weighted by Crippen LogP contribution is 2.00. The maximum atomic E-state index is 10.2. The van der Waals surface area contributed by atoms with Crippen molar-refractivity contribution in [1.29, 1.82) is 0 Å². The maximum Gasteiger partial charge on any atom is 0.277 e. The minimum Gasteiger partial charge on any atom is -0.285 e. The van der Waals surface area contributed by atoms with Crippen molar-refractivity contribution < 1.29 is 13.0 Å². The van der Waals surface area contributed by atoms with E-state index < -0.39 is 15.5 Å². The van der Waals surface area contributed by atoms with Gasteiger partial charge in [0.1, 0.15) is 0 Å². The van der Waals surface area contributed by atoms with E-state index in [0.717, 1.165) is 6.08 Å². The van der Waals surface area contributed by atoms with Crippen LogP contribution in [0.1, 0.15) is 0 Å². The van der Waals surface area contributed by atoms with Crippen LogP contribution in [0, 0.1) is 0 Å². The summed E-state index contributed by atoms with van der Waals surface area (Å²) in [6, 6.07) is 0. The highest BCUT2D eigenvalue weighted by atomic mass is 32.2. The highest BCUT2D eigenvalue weighted by Gasteiger charge is 2.16. The molecule has 0 aliphatic heterocycles. The zero-order chi connectivity index (χ0) is 8.20. The first kappa shape index (κ1) is 8.96. The molecule has 1 atom stereocenters. The fourth-order valence-electron chi connectivity index (χ4n) is 0.279. The Morgan fingerprint density at radius 1 is 1.80 bits per heavy atom. The SMILES string of the molecule is C=CC(N=[N+]=[N-])S(=O)(=O)O. The van der Waals surface area contributed by atoms with Crippen LogP contribution in [0.3, 0.4) is 0 Å². The predicted octanol–water partition coefficient (Wildman–Crippen LogP) is 0.697. The van der Waals surface area contributed by atoms with Gasteiger partial charge in [-0.15, -0.1) is 6.58 Å². The summed E-state index contributed by atoms with van der Waals surface area (Å²) in [7, 11) is -4.32. The Bertz CT molecular complexity index is 263. The smallest absolute Gasteiger partial charge is 0.277 e. The molecule has 0 heterocycles. The van der Waals surface area contributed by atoms with E-state index in [9.17, 15) is 8.42 Å². The third kappa shape index (κ3) is 2.49. The van der Waals surface area contributed by atoms with E-state index in [1.807, 2.05) is 0 Å². The molecule has 0 saturated carbocycles. The standard InChI is InChI=1S/C3H5N3O3S/c1-2-3(5-6-4)10(7,8)9/h2-3H,1H2,(H,7,8,9). The first-order chi connectivity index (χ1) is 4.52. The quantitative estimate of drug-likeness (QED) is 0.217. The summed E-state index contributed by atoms with van der Waals surface area (Å²) in [5, 5.41) is 1.15. The zero-order valence-electron chi connectivity index (χ0n) is 4.88. The number of hydrogen-bond acceptors (Lipinski definition) is 3. The third-order valence-electron chi connectivity index (χ3n) is 0.672. The molecule has 1 unspecified atom stereocenters. The van der Waals surface area contributed by atoms with Crippen molar-refractivity contribution in [3.63, 3.8) is 0 Å². The molecule has 0 saturated heterocycles. The van der Waals surface area contributed by atoms with Gasteiger partial charge < -0.3 is 0 Å². The largest absolute Gasteiger partial charge is 0.285 e. The average Bonchev–Trinajstić information content (AvgIpc) is 1.80. The van der Waals surface area contributed by atoms with E-state index in [0.29, 0.717) is 0 Å². The molecule has 0 aromatic rings. The van der Waals surface area contributed by atoms with E-state index in [1.165, 1.54) is 0 Å². The number of hydrogen-bond donors (Lipinski definition) is 1. The summed E-state index contributed by atoms with van der Waals surface area (Å²) in [6.07, 6.45) is 0.828. The van der Waals surface area contributed by atoms with Crippen molar-refractivity contribution in [2.24, 2.45) is 5.11 Å². The Morgan fingerprint density at radius 2 is 2.30 bits per heavy atom. The van der Waals surface area contributed by atoms with Crippen molar-refractivity contribution in [2.75, 3.05) is 0 Å². The molecule has 7 heteroatoms. The van der Waals surface area contributed by atoms with Crippen LogP contribution in [-0.2, 0) is 10.1 Å². The van der Waals surface area contributed by atoms with E-state index in [2.05, 4.69) is 16.6 Å². The van der Waals surface area contributed by atoms with E-state index >= 15 is 0 Å². The lowest BCUT2D eigenvalue weighted by atomic mass is 10.6. The highest BCUT2D eigenvalue weighted by molar-refractivity contribution is 7.86. The summed E-state index contributed by atoms with van der Waals surface area (Å²) < 4.78 is 28.6. The number of azide groups is 1. The number of rotatable bonds is 3.